The summed E-state index contributed by atoms with van der Waals surface area (Å²) in [6, 6.07) is 0. The molecule has 0 amide bonds. The van der Waals surface area contributed by atoms with Crippen molar-refractivity contribution in [1.82, 2.24) is 0 Å². The van der Waals surface area contributed by atoms with E-state index in [1.165, 1.54) is 38.5 Å². The molecule has 16 heavy (non-hydrogen) atoms. The molecule has 0 aliphatic rings. The number of hydrogen-bond donors (Lipinski definition) is 2. The van der Waals surface area contributed by atoms with Crippen molar-refractivity contribution >= 4 is 5.96 Å². The SMILES string of the molecule is CCCCCCCCOCCCN=C(N)N. The number of nitrogens with zero attached hydrogens (tertiary/aromatic N) is 1. The highest BCUT2D eigenvalue weighted by molar-refractivity contribution is 5.75. The van der Waals surface area contributed by atoms with Crippen LogP contribution in [0.25, 0.3) is 0 Å². The van der Waals surface area contributed by atoms with E-state index < -0.39 is 0 Å². The van der Waals surface area contributed by atoms with Gasteiger partial charge in [0.25, 0.3) is 0 Å². The third kappa shape index (κ3) is 13.2. The summed E-state index contributed by atoms with van der Waals surface area (Å²) in [6.45, 7) is 4.53. The fourth-order valence-electron chi connectivity index (χ4n) is 1.46. The molecule has 0 atom stereocenters. The Hall–Kier alpha value is -0.770. The van der Waals surface area contributed by atoms with Crippen LogP contribution < -0.4 is 11.5 Å². The van der Waals surface area contributed by atoms with Gasteiger partial charge in [-0.15, -0.1) is 0 Å². The Morgan fingerprint density at radius 2 is 1.56 bits per heavy atom. The average molecular weight is 229 g/mol. The first-order valence-corrected chi connectivity index (χ1v) is 6.40. The second kappa shape index (κ2) is 12.3. The Balaban J connectivity index is 2.96. The zero-order valence-corrected chi connectivity index (χ0v) is 10.6. The standard InChI is InChI=1S/C12H27N3O/c1-2-3-4-5-6-7-10-16-11-8-9-15-12(13)14/h2-11H2,1H3,(H4,13,14,15). The van der Waals surface area contributed by atoms with Crippen LogP contribution in [0.15, 0.2) is 4.99 Å². The van der Waals surface area contributed by atoms with E-state index >= 15 is 0 Å². The third-order valence-corrected chi connectivity index (χ3v) is 2.38. The van der Waals surface area contributed by atoms with E-state index in [0.29, 0.717) is 6.54 Å². The fourth-order valence-corrected chi connectivity index (χ4v) is 1.46. The van der Waals surface area contributed by atoms with Crippen molar-refractivity contribution in [2.24, 2.45) is 16.5 Å². The molecule has 0 bridgehead atoms. The third-order valence-electron chi connectivity index (χ3n) is 2.38. The van der Waals surface area contributed by atoms with Crippen LogP contribution in [0.3, 0.4) is 0 Å². The second-order valence-corrected chi connectivity index (χ2v) is 4.04. The van der Waals surface area contributed by atoms with E-state index in [-0.39, 0.29) is 5.96 Å². The lowest BCUT2D eigenvalue weighted by atomic mass is 10.1. The molecule has 0 aliphatic heterocycles. The summed E-state index contributed by atoms with van der Waals surface area (Å²) in [5.41, 5.74) is 10.4. The molecule has 0 saturated heterocycles. The van der Waals surface area contributed by atoms with Crippen LogP contribution in [0.5, 0.6) is 0 Å². The predicted molar refractivity (Wildman–Crippen MR) is 69.5 cm³/mol. The van der Waals surface area contributed by atoms with Crippen LogP contribution in [0.4, 0.5) is 0 Å². The molecule has 0 saturated carbocycles. The molecule has 0 unspecified atom stereocenters. The monoisotopic (exact) mass is 229 g/mol. The average Bonchev–Trinajstić information content (AvgIpc) is 2.25. The number of ether oxygens (including phenoxy) is 1. The summed E-state index contributed by atoms with van der Waals surface area (Å²) in [7, 11) is 0. The Morgan fingerprint density at radius 1 is 0.938 bits per heavy atom. The van der Waals surface area contributed by atoms with Gasteiger partial charge in [-0.1, -0.05) is 39.0 Å². The van der Waals surface area contributed by atoms with Gasteiger partial charge in [0.1, 0.15) is 0 Å². The Kier molecular flexibility index (Phi) is 11.7. The first-order valence-electron chi connectivity index (χ1n) is 6.40. The summed E-state index contributed by atoms with van der Waals surface area (Å²) in [4.78, 5) is 3.88. The summed E-state index contributed by atoms with van der Waals surface area (Å²) in [5.74, 6) is 0.163. The predicted octanol–water partition coefficient (Wildman–Crippen LogP) is 2.03. The molecule has 0 aromatic carbocycles. The smallest absolute Gasteiger partial charge is 0.185 e. The number of guanidine groups is 1. The van der Waals surface area contributed by atoms with Gasteiger partial charge in [0.2, 0.25) is 0 Å². The van der Waals surface area contributed by atoms with Crippen molar-refractivity contribution in [3.8, 4) is 0 Å². The minimum absolute atomic E-state index is 0.163. The molecule has 0 fully saturated rings. The molecule has 96 valence electrons. The molecular weight excluding hydrogens is 202 g/mol. The Morgan fingerprint density at radius 3 is 2.25 bits per heavy atom. The van der Waals surface area contributed by atoms with Gasteiger partial charge in [-0.3, -0.25) is 4.99 Å². The van der Waals surface area contributed by atoms with E-state index in [2.05, 4.69) is 11.9 Å². The van der Waals surface area contributed by atoms with Gasteiger partial charge in [-0.2, -0.15) is 0 Å². The lowest BCUT2D eigenvalue weighted by molar-refractivity contribution is 0.129. The van der Waals surface area contributed by atoms with Crippen LogP contribution in [0.2, 0.25) is 0 Å². The summed E-state index contributed by atoms with van der Waals surface area (Å²) in [6.07, 6.45) is 8.72. The minimum atomic E-state index is 0.163. The van der Waals surface area contributed by atoms with Crippen molar-refractivity contribution in [3.63, 3.8) is 0 Å². The maximum absolute atomic E-state index is 5.47. The van der Waals surface area contributed by atoms with Crippen molar-refractivity contribution < 1.29 is 4.74 Å². The molecule has 0 aromatic rings. The van der Waals surface area contributed by atoms with Crippen molar-refractivity contribution in [3.05, 3.63) is 0 Å². The highest BCUT2D eigenvalue weighted by Crippen LogP contribution is 2.04. The zero-order chi connectivity index (χ0) is 12.1. The first kappa shape index (κ1) is 15.2. The summed E-state index contributed by atoms with van der Waals surface area (Å²) >= 11 is 0. The van der Waals surface area contributed by atoms with Crippen LogP contribution in [0, 0.1) is 0 Å². The number of hydrogen-bond acceptors (Lipinski definition) is 2. The van der Waals surface area contributed by atoms with Crippen LogP contribution in [0.1, 0.15) is 51.9 Å². The second-order valence-electron chi connectivity index (χ2n) is 4.04. The lowest BCUT2D eigenvalue weighted by Crippen LogP contribution is -2.23. The fraction of sp³-hybridized carbons (Fsp3) is 0.917. The highest BCUT2D eigenvalue weighted by atomic mass is 16.5. The van der Waals surface area contributed by atoms with E-state index in [1.807, 2.05) is 0 Å². The quantitative estimate of drug-likeness (QED) is 0.323. The molecule has 0 aromatic heterocycles. The topological polar surface area (TPSA) is 73.6 Å². The van der Waals surface area contributed by atoms with Crippen LogP contribution in [-0.4, -0.2) is 25.7 Å². The summed E-state index contributed by atoms with van der Waals surface area (Å²) < 4.78 is 5.47. The maximum atomic E-state index is 5.47. The molecule has 4 nitrogen and oxygen atoms in total. The first-order chi connectivity index (χ1) is 7.77. The van der Waals surface area contributed by atoms with E-state index in [9.17, 15) is 0 Å². The molecule has 0 spiro atoms. The molecule has 0 rings (SSSR count). The Bertz CT molecular complexity index is 168. The van der Waals surface area contributed by atoms with Crippen LogP contribution in [-0.2, 0) is 4.74 Å². The zero-order valence-electron chi connectivity index (χ0n) is 10.6. The Labute approximate surface area is 99.4 Å². The number of nitrogens with two attached hydrogens (primary N) is 2. The van der Waals surface area contributed by atoms with E-state index in [0.717, 1.165) is 19.6 Å². The van der Waals surface area contributed by atoms with Crippen molar-refractivity contribution in [2.45, 2.75) is 51.9 Å². The number of unbranched alkanes of at least 4 members (excludes halogenated alkanes) is 5. The van der Waals surface area contributed by atoms with Gasteiger partial charge >= 0.3 is 0 Å². The molecule has 0 heterocycles. The number of rotatable bonds is 11. The number of aliphatic imine (C=N–C) groups is 1. The normalized spacial score (nSPS) is 10.3. The molecule has 4 heteroatoms. The van der Waals surface area contributed by atoms with Gasteiger partial charge in [-0.25, -0.2) is 0 Å². The van der Waals surface area contributed by atoms with Gasteiger partial charge in [0.05, 0.1) is 0 Å². The van der Waals surface area contributed by atoms with Crippen molar-refractivity contribution in [1.29, 1.82) is 0 Å². The molecular formula is C12H27N3O. The minimum Gasteiger partial charge on any atom is -0.381 e. The van der Waals surface area contributed by atoms with Crippen LogP contribution >= 0.6 is 0 Å². The van der Waals surface area contributed by atoms with Gasteiger partial charge < -0.3 is 16.2 Å². The van der Waals surface area contributed by atoms with Gasteiger partial charge in [-0.05, 0) is 12.8 Å². The molecule has 0 aliphatic carbocycles. The highest BCUT2D eigenvalue weighted by Gasteiger charge is 1.91. The largest absolute Gasteiger partial charge is 0.381 e. The van der Waals surface area contributed by atoms with Crippen molar-refractivity contribution in [2.75, 3.05) is 19.8 Å². The van der Waals surface area contributed by atoms with Gasteiger partial charge in [0.15, 0.2) is 5.96 Å². The van der Waals surface area contributed by atoms with E-state index in [1.54, 1.807) is 0 Å². The van der Waals surface area contributed by atoms with E-state index in [4.69, 9.17) is 16.2 Å². The van der Waals surface area contributed by atoms with Gasteiger partial charge in [0, 0.05) is 19.8 Å². The lowest BCUT2D eigenvalue weighted by Gasteiger charge is -2.03. The summed E-state index contributed by atoms with van der Waals surface area (Å²) in [5, 5.41) is 0. The maximum Gasteiger partial charge on any atom is 0.185 e. The molecule has 0 radical (unpaired) electrons. The molecule has 4 N–H and O–H groups in total.